The number of dihydropyridines is 1. The Bertz CT molecular complexity index is 1630. The van der Waals surface area contributed by atoms with Gasteiger partial charge in [0.15, 0.2) is 5.65 Å². The molecule has 0 N–H and O–H groups in total. The molecule has 3 aromatic heterocycles. The number of aromatic nitrogens is 5. The SMILES string of the molecule is N#Cc1cc(-c2c(-c3ccc(Cl)cc3)cnn3c(=O)n(CC4=CCC(C(F)(F)F)N=C4)nc23)ccn1. The molecule has 0 saturated carbocycles. The maximum absolute atomic E-state index is 13.1. The zero-order valence-corrected chi connectivity index (χ0v) is 19.1. The van der Waals surface area contributed by atoms with Gasteiger partial charge in [-0.2, -0.15) is 28.0 Å². The monoisotopic (exact) mass is 509 g/mol. The number of fused-ring (bicyclic) bond motifs is 1. The number of pyridine rings is 1. The summed E-state index contributed by atoms with van der Waals surface area (Å²) in [4.78, 5) is 20.7. The number of benzene rings is 1. The van der Waals surface area contributed by atoms with Crippen LogP contribution in [-0.4, -0.2) is 42.8 Å². The van der Waals surface area contributed by atoms with E-state index in [4.69, 9.17) is 11.6 Å². The lowest BCUT2D eigenvalue weighted by Crippen LogP contribution is -2.29. The minimum atomic E-state index is -4.43. The van der Waals surface area contributed by atoms with Crippen LogP contribution in [-0.2, 0) is 6.54 Å². The highest BCUT2D eigenvalue weighted by Crippen LogP contribution is 2.34. The number of alkyl halides is 3. The second-order valence-electron chi connectivity index (χ2n) is 8.01. The highest BCUT2D eigenvalue weighted by Gasteiger charge is 2.39. The van der Waals surface area contributed by atoms with Crippen molar-refractivity contribution in [2.24, 2.45) is 4.99 Å². The van der Waals surface area contributed by atoms with Gasteiger partial charge in [-0.1, -0.05) is 29.8 Å². The summed E-state index contributed by atoms with van der Waals surface area (Å²) in [6.07, 6.45) is 0.773. The third-order valence-corrected chi connectivity index (χ3v) is 5.92. The molecular formula is C24H15ClF3N7O. The summed E-state index contributed by atoms with van der Waals surface area (Å²) in [5.41, 5.74) is 2.75. The Hall–Kier alpha value is -4.30. The number of hydrogen-bond acceptors (Lipinski definition) is 6. The minimum absolute atomic E-state index is 0.0776. The van der Waals surface area contributed by atoms with Gasteiger partial charge in [0.1, 0.15) is 17.8 Å². The van der Waals surface area contributed by atoms with E-state index in [0.29, 0.717) is 27.3 Å². The molecule has 0 radical (unpaired) electrons. The van der Waals surface area contributed by atoms with Gasteiger partial charge in [-0.25, -0.2) is 14.5 Å². The first kappa shape index (κ1) is 23.4. The normalized spacial score (nSPS) is 15.6. The van der Waals surface area contributed by atoms with Crippen molar-refractivity contribution in [3.05, 3.63) is 81.6 Å². The summed E-state index contributed by atoms with van der Waals surface area (Å²) in [6, 6.07) is 10.5. The summed E-state index contributed by atoms with van der Waals surface area (Å²) in [5.74, 6) is 0. The standard InChI is InChI=1S/C24H15ClF3N7O/c25-17-4-2-15(3-5-17)19-12-32-35-22(21(19)16-7-8-30-18(9-16)10-29)33-34(23(35)36)13-14-1-6-20(31-11-14)24(26,27)28/h1-5,7-9,11-12,20H,6,13H2. The van der Waals surface area contributed by atoms with Crippen LogP contribution in [0.1, 0.15) is 12.1 Å². The smallest absolute Gasteiger partial charge is 0.280 e. The molecule has 1 aliphatic heterocycles. The molecule has 1 atom stereocenters. The van der Waals surface area contributed by atoms with Crippen LogP contribution in [0.3, 0.4) is 0 Å². The average molecular weight is 510 g/mol. The summed E-state index contributed by atoms with van der Waals surface area (Å²) < 4.78 is 40.9. The van der Waals surface area contributed by atoms with Crippen molar-refractivity contribution in [3.63, 3.8) is 0 Å². The van der Waals surface area contributed by atoms with Crippen LogP contribution >= 0.6 is 11.6 Å². The van der Waals surface area contributed by atoms with Crippen molar-refractivity contribution < 1.29 is 13.2 Å². The van der Waals surface area contributed by atoms with Crippen molar-refractivity contribution in [1.29, 1.82) is 5.26 Å². The lowest BCUT2D eigenvalue weighted by Gasteiger charge is -2.18. The largest absolute Gasteiger partial charge is 0.411 e. The molecule has 0 bridgehead atoms. The van der Waals surface area contributed by atoms with Gasteiger partial charge in [0.25, 0.3) is 0 Å². The first-order valence-corrected chi connectivity index (χ1v) is 11.0. The van der Waals surface area contributed by atoms with Gasteiger partial charge in [-0.05, 0) is 47.4 Å². The molecule has 1 aromatic carbocycles. The molecule has 0 spiro atoms. The number of allylic oxidation sites excluding steroid dienone is 1. The van der Waals surface area contributed by atoms with Gasteiger partial charge in [-0.3, -0.25) is 4.99 Å². The molecule has 12 heteroatoms. The van der Waals surface area contributed by atoms with Crippen LogP contribution in [0, 0.1) is 11.3 Å². The predicted molar refractivity (Wildman–Crippen MR) is 127 cm³/mol. The quantitative estimate of drug-likeness (QED) is 0.404. The predicted octanol–water partition coefficient (Wildman–Crippen LogP) is 4.48. The molecule has 0 amide bonds. The van der Waals surface area contributed by atoms with E-state index >= 15 is 0 Å². The van der Waals surface area contributed by atoms with Gasteiger partial charge in [0.2, 0.25) is 0 Å². The number of aliphatic imine (C=N–C) groups is 1. The molecule has 8 nitrogen and oxygen atoms in total. The van der Waals surface area contributed by atoms with Crippen molar-refractivity contribution >= 4 is 23.5 Å². The Morgan fingerprint density at radius 3 is 2.61 bits per heavy atom. The second-order valence-corrected chi connectivity index (χ2v) is 8.44. The topological polar surface area (TPSA) is 101 Å². The van der Waals surface area contributed by atoms with Crippen molar-refractivity contribution in [2.75, 3.05) is 0 Å². The molecule has 0 saturated heterocycles. The summed E-state index contributed by atoms with van der Waals surface area (Å²) in [5, 5.41) is 18.6. The molecule has 36 heavy (non-hydrogen) atoms. The first-order chi connectivity index (χ1) is 17.2. The first-order valence-electron chi connectivity index (χ1n) is 10.6. The maximum Gasteiger partial charge on any atom is 0.411 e. The third-order valence-electron chi connectivity index (χ3n) is 5.67. The Morgan fingerprint density at radius 1 is 1.17 bits per heavy atom. The average Bonchev–Trinajstić information content (AvgIpc) is 3.18. The Labute approximate surface area is 206 Å². The summed E-state index contributed by atoms with van der Waals surface area (Å²) in [6.45, 7) is -0.0776. The van der Waals surface area contributed by atoms with Crippen LogP contribution in [0.4, 0.5) is 13.2 Å². The van der Waals surface area contributed by atoms with Crippen LogP contribution in [0.25, 0.3) is 27.9 Å². The molecule has 4 aromatic rings. The van der Waals surface area contributed by atoms with E-state index in [1.807, 2.05) is 6.07 Å². The fourth-order valence-corrected chi connectivity index (χ4v) is 4.03. The van der Waals surface area contributed by atoms with E-state index in [2.05, 4.69) is 20.2 Å². The molecule has 0 aliphatic carbocycles. The van der Waals surface area contributed by atoms with E-state index < -0.39 is 17.9 Å². The number of hydrogen-bond donors (Lipinski definition) is 0. The number of rotatable bonds is 4. The van der Waals surface area contributed by atoms with E-state index in [-0.39, 0.29) is 24.3 Å². The molecule has 1 aliphatic rings. The van der Waals surface area contributed by atoms with Gasteiger partial charge in [0.05, 0.1) is 12.7 Å². The third kappa shape index (κ3) is 4.38. The molecule has 4 heterocycles. The van der Waals surface area contributed by atoms with Gasteiger partial charge >= 0.3 is 11.9 Å². The minimum Gasteiger partial charge on any atom is -0.280 e. The molecule has 1 unspecified atom stereocenters. The van der Waals surface area contributed by atoms with E-state index in [1.54, 1.807) is 36.4 Å². The number of nitrogens with zero attached hydrogens (tertiary/aromatic N) is 7. The Morgan fingerprint density at radius 2 is 1.94 bits per heavy atom. The molecule has 0 fully saturated rings. The fraction of sp³-hybridized carbons (Fsp3) is 0.167. The lowest BCUT2D eigenvalue weighted by atomic mass is 9.97. The van der Waals surface area contributed by atoms with Gasteiger partial charge in [0, 0.05) is 28.6 Å². The van der Waals surface area contributed by atoms with Crippen LogP contribution in [0.15, 0.2) is 70.2 Å². The Balaban J connectivity index is 1.64. The zero-order chi connectivity index (χ0) is 25.4. The summed E-state index contributed by atoms with van der Waals surface area (Å²) in [7, 11) is 0. The maximum atomic E-state index is 13.1. The van der Waals surface area contributed by atoms with E-state index in [0.717, 1.165) is 21.0 Å². The van der Waals surface area contributed by atoms with Gasteiger partial charge < -0.3 is 0 Å². The number of nitriles is 1. The molecule has 180 valence electrons. The van der Waals surface area contributed by atoms with Crippen molar-refractivity contribution in [1.82, 2.24) is 24.4 Å². The molecular weight excluding hydrogens is 495 g/mol. The summed E-state index contributed by atoms with van der Waals surface area (Å²) >= 11 is 6.04. The Kier molecular flexibility index (Phi) is 5.89. The number of halogens is 4. The van der Waals surface area contributed by atoms with E-state index in [1.165, 1.54) is 18.5 Å². The fourth-order valence-electron chi connectivity index (χ4n) is 3.90. The lowest BCUT2D eigenvalue weighted by molar-refractivity contribution is -0.146. The zero-order valence-electron chi connectivity index (χ0n) is 18.3. The highest BCUT2D eigenvalue weighted by molar-refractivity contribution is 6.30. The van der Waals surface area contributed by atoms with Crippen LogP contribution in [0.2, 0.25) is 5.02 Å². The van der Waals surface area contributed by atoms with Crippen molar-refractivity contribution in [3.8, 4) is 28.3 Å². The van der Waals surface area contributed by atoms with Crippen LogP contribution in [0.5, 0.6) is 0 Å². The van der Waals surface area contributed by atoms with Crippen molar-refractivity contribution in [2.45, 2.75) is 25.2 Å². The molecule has 5 rings (SSSR count). The second kappa shape index (κ2) is 9.05. The highest BCUT2D eigenvalue weighted by atomic mass is 35.5. The van der Waals surface area contributed by atoms with E-state index in [9.17, 15) is 23.2 Å². The van der Waals surface area contributed by atoms with Gasteiger partial charge in [-0.15, -0.1) is 5.10 Å². The van der Waals surface area contributed by atoms with Crippen LogP contribution < -0.4 is 5.69 Å².